The molecule has 2 rings (SSSR count). The average Bonchev–Trinajstić information content (AvgIpc) is 2.42. The van der Waals surface area contributed by atoms with Gasteiger partial charge in [-0.15, -0.1) is 0 Å². The van der Waals surface area contributed by atoms with Crippen LogP contribution in [0.25, 0.3) is 0 Å². The van der Waals surface area contributed by atoms with Gasteiger partial charge in [0.15, 0.2) is 5.75 Å². The molecule has 0 radical (unpaired) electrons. The number of para-hydroxylation sites is 1. The molecule has 0 saturated heterocycles. The molecule has 0 aliphatic heterocycles. The van der Waals surface area contributed by atoms with E-state index in [2.05, 4.69) is 15.9 Å². The van der Waals surface area contributed by atoms with Gasteiger partial charge >= 0.3 is 5.97 Å². The van der Waals surface area contributed by atoms with Crippen molar-refractivity contribution in [1.82, 2.24) is 0 Å². The van der Waals surface area contributed by atoms with E-state index in [4.69, 9.17) is 10.00 Å². The Morgan fingerprint density at radius 3 is 2.50 bits per heavy atom. The van der Waals surface area contributed by atoms with Crippen molar-refractivity contribution in [3.05, 3.63) is 64.1 Å². The Bertz CT molecular complexity index is 617. The monoisotopic (exact) mass is 301 g/mol. The summed E-state index contributed by atoms with van der Waals surface area (Å²) in [6.45, 7) is 0. The fourth-order valence-electron chi connectivity index (χ4n) is 1.43. The van der Waals surface area contributed by atoms with E-state index < -0.39 is 5.97 Å². The number of carbonyl (C=O) groups is 1. The molecule has 4 heteroatoms. The Balaban J connectivity index is 2.31. The highest BCUT2D eigenvalue weighted by Gasteiger charge is 2.13. The molecule has 2 aromatic rings. The minimum Gasteiger partial charge on any atom is -0.420 e. The van der Waals surface area contributed by atoms with Gasteiger partial charge in [0.2, 0.25) is 0 Å². The zero-order valence-electron chi connectivity index (χ0n) is 9.26. The van der Waals surface area contributed by atoms with Gasteiger partial charge in [0.05, 0.1) is 15.6 Å². The number of hydrogen-bond acceptors (Lipinski definition) is 3. The summed E-state index contributed by atoms with van der Waals surface area (Å²) in [5.74, 6) is -0.243. The first kappa shape index (κ1) is 12.3. The predicted molar refractivity (Wildman–Crippen MR) is 70.3 cm³/mol. The zero-order valence-corrected chi connectivity index (χ0v) is 10.8. The highest BCUT2D eigenvalue weighted by atomic mass is 79.9. The van der Waals surface area contributed by atoms with Crippen molar-refractivity contribution in [3.8, 4) is 11.8 Å². The van der Waals surface area contributed by atoms with E-state index in [0.717, 1.165) is 0 Å². The van der Waals surface area contributed by atoms with E-state index in [0.29, 0.717) is 15.6 Å². The first-order chi connectivity index (χ1) is 8.72. The summed E-state index contributed by atoms with van der Waals surface area (Å²) in [5.41, 5.74) is 0.755. The molecule has 2 aromatic carbocycles. The molecule has 0 atom stereocenters. The van der Waals surface area contributed by atoms with Gasteiger partial charge in [-0.2, -0.15) is 5.26 Å². The van der Waals surface area contributed by atoms with Crippen LogP contribution in [0, 0.1) is 11.3 Å². The third-order valence-corrected chi connectivity index (χ3v) is 2.92. The molecule has 88 valence electrons. The standard InChI is InChI=1S/C14H8BrNO2/c15-12-8-4-7-11(9-16)13(12)18-14(17)10-5-2-1-3-6-10/h1-8H. The second-order valence-corrected chi connectivity index (χ2v) is 4.34. The van der Waals surface area contributed by atoms with Crippen LogP contribution in [0.1, 0.15) is 15.9 Å². The number of halogens is 1. The number of rotatable bonds is 2. The molecule has 0 bridgehead atoms. The highest BCUT2D eigenvalue weighted by Crippen LogP contribution is 2.29. The molecule has 0 spiro atoms. The molecule has 0 saturated carbocycles. The van der Waals surface area contributed by atoms with Crippen LogP contribution < -0.4 is 4.74 Å². The van der Waals surface area contributed by atoms with Gasteiger partial charge in [0.25, 0.3) is 0 Å². The lowest BCUT2D eigenvalue weighted by atomic mass is 10.2. The number of benzene rings is 2. The van der Waals surface area contributed by atoms with Crippen LogP contribution in [0.5, 0.6) is 5.75 Å². The molecule has 0 amide bonds. The van der Waals surface area contributed by atoms with E-state index in [1.54, 1.807) is 42.5 Å². The number of esters is 1. The summed E-state index contributed by atoms with van der Waals surface area (Å²) in [4.78, 5) is 11.9. The molecule has 0 fully saturated rings. The van der Waals surface area contributed by atoms with Crippen molar-refractivity contribution < 1.29 is 9.53 Å². The quantitative estimate of drug-likeness (QED) is 0.630. The van der Waals surface area contributed by atoms with Crippen molar-refractivity contribution in [1.29, 1.82) is 5.26 Å². The molecular formula is C14H8BrNO2. The Hall–Kier alpha value is -2.12. The summed E-state index contributed by atoms with van der Waals surface area (Å²) in [7, 11) is 0. The predicted octanol–water partition coefficient (Wildman–Crippen LogP) is 3.54. The summed E-state index contributed by atoms with van der Waals surface area (Å²) in [6.07, 6.45) is 0. The zero-order chi connectivity index (χ0) is 13.0. The molecule has 3 nitrogen and oxygen atoms in total. The van der Waals surface area contributed by atoms with Gasteiger partial charge < -0.3 is 4.74 Å². The van der Waals surface area contributed by atoms with Crippen LogP contribution in [0.4, 0.5) is 0 Å². The molecule has 0 heterocycles. The Morgan fingerprint density at radius 2 is 1.83 bits per heavy atom. The van der Waals surface area contributed by atoms with Crippen LogP contribution in [0.15, 0.2) is 53.0 Å². The van der Waals surface area contributed by atoms with E-state index in [-0.39, 0.29) is 5.75 Å². The maximum absolute atomic E-state index is 11.9. The van der Waals surface area contributed by atoms with Crippen molar-refractivity contribution >= 4 is 21.9 Å². The van der Waals surface area contributed by atoms with Gasteiger partial charge in [0, 0.05) is 0 Å². The van der Waals surface area contributed by atoms with Gasteiger partial charge in [-0.1, -0.05) is 24.3 Å². The molecular weight excluding hydrogens is 294 g/mol. The lowest BCUT2D eigenvalue weighted by Crippen LogP contribution is -2.09. The normalized spacial score (nSPS) is 9.56. The second kappa shape index (κ2) is 5.48. The fourth-order valence-corrected chi connectivity index (χ4v) is 1.87. The Kier molecular flexibility index (Phi) is 3.75. The Morgan fingerprint density at radius 1 is 1.11 bits per heavy atom. The van der Waals surface area contributed by atoms with Crippen molar-refractivity contribution in [3.63, 3.8) is 0 Å². The summed E-state index contributed by atoms with van der Waals surface area (Å²) >= 11 is 3.26. The molecule has 0 unspecified atom stereocenters. The summed E-state index contributed by atoms with van der Waals surface area (Å²) in [5, 5.41) is 8.96. The SMILES string of the molecule is N#Cc1cccc(Br)c1OC(=O)c1ccccc1. The molecule has 0 aromatic heterocycles. The fraction of sp³-hybridized carbons (Fsp3) is 0. The number of ether oxygens (including phenoxy) is 1. The van der Waals surface area contributed by atoms with Gasteiger partial charge in [-0.25, -0.2) is 4.79 Å². The van der Waals surface area contributed by atoms with Gasteiger partial charge in [-0.05, 0) is 40.2 Å². The summed E-state index contributed by atoms with van der Waals surface area (Å²) in [6, 6.07) is 15.6. The Labute approximate surface area is 113 Å². The average molecular weight is 302 g/mol. The molecule has 0 aliphatic carbocycles. The first-order valence-electron chi connectivity index (χ1n) is 5.18. The van der Waals surface area contributed by atoms with Gasteiger partial charge in [0.1, 0.15) is 6.07 Å². The largest absolute Gasteiger partial charge is 0.420 e. The van der Waals surface area contributed by atoms with Crippen LogP contribution in [-0.4, -0.2) is 5.97 Å². The maximum atomic E-state index is 11.9. The highest BCUT2D eigenvalue weighted by molar-refractivity contribution is 9.10. The minimum atomic E-state index is -0.487. The third-order valence-electron chi connectivity index (χ3n) is 2.29. The first-order valence-corrected chi connectivity index (χ1v) is 5.97. The number of carbonyl (C=O) groups excluding carboxylic acids is 1. The van der Waals surface area contributed by atoms with Crippen molar-refractivity contribution in [2.45, 2.75) is 0 Å². The minimum absolute atomic E-state index is 0.244. The van der Waals surface area contributed by atoms with E-state index in [1.807, 2.05) is 12.1 Å². The number of nitriles is 1. The van der Waals surface area contributed by atoms with Crippen molar-refractivity contribution in [2.75, 3.05) is 0 Å². The van der Waals surface area contributed by atoms with Crippen LogP contribution >= 0.6 is 15.9 Å². The van der Waals surface area contributed by atoms with Crippen molar-refractivity contribution in [2.24, 2.45) is 0 Å². The third kappa shape index (κ3) is 2.58. The molecule has 0 aliphatic rings. The van der Waals surface area contributed by atoms with E-state index in [9.17, 15) is 4.79 Å². The van der Waals surface area contributed by atoms with E-state index in [1.165, 1.54) is 0 Å². The lowest BCUT2D eigenvalue weighted by molar-refractivity contribution is 0.0733. The molecule has 18 heavy (non-hydrogen) atoms. The van der Waals surface area contributed by atoms with Crippen LogP contribution in [0.2, 0.25) is 0 Å². The second-order valence-electron chi connectivity index (χ2n) is 3.48. The van der Waals surface area contributed by atoms with Gasteiger partial charge in [-0.3, -0.25) is 0 Å². The topological polar surface area (TPSA) is 50.1 Å². The number of nitrogens with zero attached hydrogens (tertiary/aromatic N) is 1. The number of hydrogen-bond donors (Lipinski definition) is 0. The lowest BCUT2D eigenvalue weighted by Gasteiger charge is -2.07. The van der Waals surface area contributed by atoms with Crippen LogP contribution in [0.3, 0.4) is 0 Å². The smallest absolute Gasteiger partial charge is 0.343 e. The summed E-state index contributed by atoms with van der Waals surface area (Å²) < 4.78 is 5.82. The maximum Gasteiger partial charge on any atom is 0.343 e. The molecule has 0 N–H and O–H groups in total. The van der Waals surface area contributed by atoms with E-state index >= 15 is 0 Å². The van der Waals surface area contributed by atoms with Crippen LogP contribution in [-0.2, 0) is 0 Å².